The van der Waals surface area contributed by atoms with E-state index in [-0.39, 0.29) is 17.9 Å². The number of carbonyl (C=O) groups is 3. The second kappa shape index (κ2) is 13.8. The Morgan fingerprint density at radius 2 is 1.64 bits per heavy atom. The van der Waals surface area contributed by atoms with Crippen molar-refractivity contribution in [3.63, 3.8) is 0 Å². The molecule has 42 heavy (non-hydrogen) atoms. The number of piperidine rings is 1. The fraction of sp³-hybridized carbons (Fsp3) is 0.433. The third-order valence-corrected chi connectivity index (χ3v) is 7.56. The number of hydrogen-bond donors (Lipinski definition) is 5. The second-order valence-electron chi connectivity index (χ2n) is 10.5. The number of aliphatic carboxylic acids is 3. The molecule has 0 aromatic heterocycles. The van der Waals surface area contributed by atoms with Crippen molar-refractivity contribution in [2.24, 2.45) is 0 Å². The van der Waals surface area contributed by atoms with Gasteiger partial charge in [-0.15, -0.1) is 0 Å². The number of benzene rings is 2. The highest BCUT2D eigenvalue weighted by Gasteiger charge is 2.49. The zero-order valence-corrected chi connectivity index (χ0v) is 23.2. The smallest absolute Gasteiger partial charge is 0.336 e. The summed E-state index contributed by atoms with van der Waals surface area (Å²) in [5.74, 6) is -3.90. The number of ether oxygens (including phenoxy) is 2. The maximum atomic E-state index is 14.4. The SMILES string of the molecule is C=CCOc1c(CN2C3CCC2CC(O)(c2ccccc2F)C3)cccc1OC.O=C(O)CC(O)(CC(=O)O)C(=O)O. The van der Waals surface area contributed by atoms with Gasteiger partial charge in [0, 0.05) is 29.8 Å². The zero-order chi connectivity index (χ0) is 31.1. The van der Waals surface area contributed by atoms with Crippen LogP contribution in [0.3, 0.4) is 0 Å². The van der Waals surface area contributed by atoms with E-state index in [1.54, 1.807) is 31.4 Å². The van der Waals surface area contributed by atoms with Crippen LogP contribution in [-0.4, -0.2) is 79.7 Å². The minimum atomic E-state index is -2.74. The van der Waals surface area contributed by atoms with Crippen LogP contribution in [0.15, 0.2) is 55.1 Å². The van der Waals surface area contributed by atoms with E-state index in [1.807, 2.05) is 12.1 Å². The number of carboxylic acid groups (broad SMARTS) is 3. The van der Waals surface area contributed by atoms with Gasteiger partial charge in [0.25, 0.3) is 0 Å². The molecule has 12 heteroatoms. The third-order valence-electron chi connectivity index (χ3n) is 7.56. The second-order valence-corrected chi connectivity index (χ2v) is 10.5. The highest BCUT2D eigenvalue weighted by molar-refractivity contribution is 5.88. The van der Waals surface area contributed by atoms with E-state index < -0.39 is 42.0 Å². The van der Waals surface area contributed by atoms with Gasteiger partial charge in [-0.25, -0.2) is 9.18 Å². The number of fused-ring (bicyclic) bond motifs is 2. The van der Waals surface area contributed by atoms with Crippen molar-refractivity contribution in [3.8, 4) is 11.5 Å². The minimum Gasteiger partial charge on any atom is -0.493 e. The Hall–Kier alpha value is -4.00. The summed E-state index contributed by atoms with van der Waals surface area (Å²) >= 11 is 0. The van der Waals surface area contributed by atoms with Gasteiger partial charge in [0.1, 0.15) is 12.4 Å². The van der Waals surface area contributed by atoms with Crippen molar-refractivity contribution >= 4 is 17.9 Å². The van der Waals surface area contributed by atoms with Crippen LogP contribution in [0.5, 0.6) is 11.5 Å². The Labute approximate surface area is 242 Å². The van der Waals surface area contributed by atoms with Crippen LogP contribution in [0.1, 0.15) is 49.7 Å². The maximum Gasteiger partial charge on any atom is 0.336 e. The van der Waals surface area contributed by atoms with E-state index >= 15 is 0 Å². The molecule has 0 aliphatic carbocycles. The summed E-state index contributed by atoms with van der Waals surface area (Å²) in [6, 6.07) is 12.9. The van der Waals surface area contributed by atoms with Crippen molar-refractivity contribution < 1.29 is 53.8 Å². The number of aliphatic hydroxyl groups is 2. The molecule has 2 bridgehead atoms. The molecule has 0 spiro atoms. The summed E-state index contributed by atoms with van der Waals surface area (Å²) in [7, 11) is 1.64. The van der Waals surface area contributed by atoms with Gasteiger partial charge in [-0.05, 0) is 37.8 Å². The van der Waals surface area contributed by atoms with Crippen molar-refractivity contribution in [1.82, 2.24) is 4.90 Å². The van der Waals surface area contributed by atoms with E-state index in [0.717, 1.165) is 24.2 Å². The summed E-state index contributed by atoms with van der Waals surface area (Å²) in [4.78, 5) is 32.9. The molecular weight excluding hydrogens is 553 g/mol. The van der Waals surface area contributed by atoms with E-state index in [0.29, 0.717) is 37.3 Å². The zero-order valence-electron chi connectivity index (χ0n) is 23.2. The molecule has 2 fully saturated rings. The molecule has 228 valence electrons. The van der Waals surface area contributed by atoms with Crippen LogP contribution in [0.2, 0.25) is 0 Å². The lowest BCUT2D eigenvalue weighted by molar-refractivity contribution is -0.170. The van der Waals surface area contributed by atoms with Crippen LogP contribution in [0, 0.1) is 5.82 Å². The number of carboxylic acids is 3. The topological polar surface area (TPSA) is 174 Å². The molecule has 2 aromatic rings. The molecule has 2 saturated heterocycles. The highest BCUT2D eigenvalue weighted by atomic mass is 19.1. The first-order valence-electron chi connectivity index (χ1n) is 13.4. The molecule has 2 atom stereocenters. The van der Waals surface area contributed by atoms with Gasteiger partial charge < -0.3 is 35.0 Å². The van der Waals surface area contributed by atoms with E-state index in [4.69, 9.17) is 29.9 Å². The highest BCUT2D eigenvalue weighted by Crippen LogP contribution is 2.47. The van der Waals surface area contributed by atoms with Crippen molar-refractivity contribution in [1.29, 1.82) is 0 Å². The van der Waals surface area contributed by atoms with Gasteiger partial charge in [-0.3, -0.25) is 14.5 Å². The van der Waals surface area contributed by atoms with Gasteiger partial charge in [0.2, 0.25) is 0 Å². The van der Waals surface area contributed by atoms with Crippen LogP contribution in [-0.2, 0) is 26.5 Å². The summed E-state index contributed by atoms with van der Waals surface area (Å²) in [6.07, 6.45) is 2.52. The normalized spacial score (nSPS) is 21.5. The number of nitrogens with zero attached hydrogens (tertiary/aromatic N) is 1. The molecule has 2 aromatic carbocycles. The summed E-state index contributed by atoms with van der Waals surface area (Å²) in [6.45, 7) is 4.85. The average molecular weight is 590 g/mol. The Bertz CT molecular complexity index is 1270. The molecule has 0 amide bonds. The Balaban J connectivity index is 0.000000316. The van der Waals surface area contributed by atoms with Crippen LogP contribution in [0.25, 0.3) is 0 Å². The lowest BCUT2D eigenvalue weighted by atomic mass is 9.80. The third kappa shape index (κ3) is 7.64. The minimum absolute atomic E-state index is 0.205. The fourth-order valence-electron chi connectivity index (χ4n) is 5.70. The molecule has 5 N–H and O–H groups in total. The largest absolute Gasteiger partial charge is 0.493 e. The van der Waals surface area contributed by atoms with Crippen LogP contribution in [0.4, 0.5) is 4.39 Å². The van der Waals surface area contributed by atoms with Gasteiger partial charge in [-0.1, -0.05) is 43.0 Å². The molecule has 2 heterocycles. The lowest BCUT2D eigenvalue weighted by Gasteiger charge is -2.44. The molecule has 4 rings (SSSR count). The molecule has 11 nitrogen and oxygen atoms in total. The maximum absolute atomic E-state index is 14.4. The molecule has 2 aliphatic rings. The Kier molecular flexibility index (Phi) is 10.7. The van der Waals surface area contributed by atoms with E-state index in [9.17, 15) is 23.9 Å². The predicted molar refractivity (Wildman–Crippen MR) is 148 cm³/mol. The van der Waals surface area contributed by atoms with Gasteiger partial charge >= 0.3 is 17.9 Å². The Morgan fingerprint density at radius 3 is 2.14 bits per heavy atom. The molecule has 2 unspecified atom stereocenters. The number of rotatable bonds is 12. The molecule has 0 radical (unpaired) electrons. The predicted octanol–water partition coefficient (Wildman–Crippen LogP) is 3.17. The van der Waals surface area contributed by atoms with Crippen LogP contribution >= 0.6 is 0 Å². The Morgan fingerprint density at radius 1 is 1.05 bits per heavy atom. The van der Waals surface area contributed by atoms with Crippen molar-refractivity contribution in [2.75, 3.05) is 13.7 Å². The van der Waals surface area contributed by atoms with Crippen LogP contribution < -0.4 is 9.47 Å². The van der Waals surface area contributed by atoms with Gasteiger partial charge in [0.05, 0.1) is 25.6 Å². The molecule has 0 saturated carbocycles. The summed E-state index contributed by atoms with van der Waals surface area (Å²) in [5.41, 5.74) is -2.37. The number of hydrogen-bond acceptors (Lipinski definition) is 8. The number of para-hydroxylation sites is 1. The number of halogens is 1. The first kappa shape index (κ1) is 32.5. The molecular formula is C30H36FNO10. The first-order valence-corrected chi connectivity index (χ1v) is 13.4. The fourth-order valence-corrected chi connectivity index (χ4v) is 5.70. The van der Waals surface area contributed by atoms with Gasteiger partial charge in [-0.2, -0.15) is 0 Å². The van der Waals surface area contributed by atoms with Crippen molar-refractivity contribution in [3.05, 3.63) is 72.1 Å². The van der Waals surface area contributed by atoms with E-state index in [2.05, 4.69) is 17.5 Å². The average Bonchev–Trinajstić information content (AvgIpc) is 3.15. The van der Waals surface area contributed by atoms with E-state index in [1.165, 1.54) is 6.07 Å². The number of methoxy groups -OCH3 is 1. The lowest BCUT2D eigenvalue weighted by Crippen LogP contribution is -2.49. The summed E-state index contributed by atoms with van der Waals surface area (Å²) < 4.78 is 25.8. The first-order chi connectivity index (χ1) is 19.8. The standard InChI is InChI=1S/C24H28FNO3.C6H8O7/c1-3-13-29-23-17(7-6-10-22(23)28-2)16-26-18-11-12-19(26)15-24(27,14-18)20-8-4-5-9-21(20)25;7-3(8)1-6(13,5(11)12)2-4(9)10/h3-10,18-19,27H,1,11-16H2,2H3;13H,1-2H2,(H,7,8)(H,9,10)(H,11,12). The summed E-state index contributed by atoms with van der Waals surface area (Å²) in [5, 5.41) is 45.1. The molecule has 2 aliphatic heterocycles. The van der Waals surface area contributed by atoms with Gasteiger partial charge in [0.15, 0.2) is 17.1 Å². The van der Waals surface area contributed by atoms with Crippen molar-refractivity contribution in [2.45, 2.75) is 68.4 Å². The monoisotopic (exact) mass is 589 g/mol. The quantitative estimate of drug-likeness (QED) is 0.230.